The summed E-state index contributed by atoms with van der Waals surface area (Å²) in [5.74, 6) is -1.48. The Balaban J connectivity index is 1.81. The molecule has 3 rings (SSSR count). The Morgan fingerprint density at radius 1 is 1.25 bits per heavy atom. The van der Waals surface area contributed by atoms with Gasteiger partial charge in [-0.25, -0.2) is 12.7 Å². The molecule has 1 atom stereocenters. The average Bonchev–Trinajstić information content (AvgIpc) is 2.98. The van der Waals surface area contributed by atoms with Crippen LogP contribution >= 0.6 is 11.3 Å². The minimum Gasteiger partial charge on any atom is -0.365 e. The van der Waals surface area contributed by atoms with Crippen LogP contribution < -0.4 is 11.1 Å². The van der Waals surface area contributed by atoms with Gasteiger partial charge in [0.25, 0.3) is 5.91 Å². The van der Waals surface area contributed by atoms with Crippen molar-refractivity contribution in [3.05, 3.63) is 16.0 Å². The molecule has 2 aliphatic rings. The third-order valence-electron chi connectivity index (χ3n) is 5.21. The number of carbonyl (C=O) groups excluding carboxylic acids is 3. The van der Waals surface area contributed by atoms with Crippen molar-refractivity contribution in [2.75, 3.05) is 31.2 Å². The lowest BCUT2D eigenvalue weighted by Crippen LogP contribution is -2.43. The van der Waals surface area contributed by atoms with Crippen LogP contribution in [0.1, 0.15) is 40.6 Å². The van der Waals surface area contributed by atoms with E-state index in [2.05, 4.69) is 5.32 Å². The number of sulfonamides is 1. The molecule has 0 aliphatic carbocycles. The fourth-order valence-corrected chi connectivity index (χ4v) is 5.88. The molecule has 0 unspecified atom stereocenters. The number of hydrogen-bond donors (Lipinski definition) is 2. The van der Waals surface area contributed by atoms with E-state index in [1.807, 2.05) is 0 Å². The van der Waals surface area contributed by atoms with Gasteiger partial charge in [0.2, 0.25) is 21.8 Å². The number of thiophene rings is 1. The second-order valence-electron chi connectivity index (χ2n) is 7.21. The van der Waals surface area contributed by atoms with Crippen LogP contribution in [0.4, 0.5) is 5.00 Å². The molecule has 1 fully saturated rings. The summed E-state index contributed by atoms with van der Waals surface area (Å²) >= 11 is 1.25. The zero-order chi connectivity index (χ0) is 20.6. The number of nitrogens with one attached hydrogen (secondary N) is 1. The van der Waals surface area contributed by atoms with Crippen molar-refractivity contribution >= 4 is 44.1 Å². The van der Waals surface area contributed by atoms with Gasteiger partial charge in [-0.05, 0) is 24.8 Å². The lowest BCUT2D eigenvalue weighted by Gasteiger charge is -2.30. The fraction of sp³-hybridized carbons (Fsp3) is 0.588. The van der Waals surface area contributed by atoms with Crippen LogP contribution in [-0.4, -0.2) is 61.2 Å². The van der Waals surface area contributed by atoms with Gasteiger partial charge < -0.3 is 16.0 Å². The molecule has 0 saturated carbocycles. The zero-order valence-electron chi connectivity index (χ0n) is 15.9. The van der Waals surface area contributed by atoms with E-state index in [0.717, 1.165) is 16.7 Å². The lowest BCUT2D eigenvalue weighted by molar-refractivity contribution is -0.129. The van der Waals surface area contributed by atoms with Crippen molar-refractivity contribution < 1.29 is 22.8 Å². The Bertz CT molecular complexity index is 924. The van der Waals surface area contributed by atoms with E-state index >= 15 is 0 Å². The van der Waals surface area contributed by atoms with E-state index in [0.29, 0.717) is 49.5 Å². The van der Waals surface area contributed by atoms with E-state index in [4.69, 9.17) is 5.73 Å². The minimum absolute atomic E-state index is 0.0478. The van der Waals surface area contributed by atoms with Crippen molar-refractivity contribution in [2.24, 2.45) is 11.7 Å². The number of hydrogen-bond acceptors (Lipinski definition) is 6. The third kappa shape index (κ3) is 4.20. The van der Waals surface area contributed by atoms with E-state index < -0.39 is 21.8 Å². The minimum atomic E-state index is -3.36. The van der Waals surface area contributed by atoms with Gasteiger partial charge in [-0.1, -0.05) is 0 Å². The van der Waals surface area contributed by atoms with Gasteiger partial charge in [-0.15, -0.1) is 11.3 Å². The molecule has 11 heteroatoms. The summed E-state index contributed by atoms with van der Waals surface area (Å²) in [5.41, 5.74) is 6.64. The molecular weight excluding hydrogens is 404 g/mol. The normalized spacial score (nSPS) is 20.5. The summed E-state index contributed by atoms with van der Waals surface area (Å²) in [4.78, 5) is 38.9. The summed E-state index contributed by atoms with van der Waals surface area (Å²) in [7, 11) is -3.36. The van der Waals surface area contributed by atoms with Gasteiger partial charge in [0.1, 0.15) is 5.00 Å². The van der Waals surface area contributed by atoms with Crippen LogP contribution in [-0.2, 0) is 32.6 Å². The van der Waals surface area contributed by atoms with Gasteiger partial charge in [-0.2, -0.15) is 0 Å². The summed E-state index contributed by atoms with van der Waals surface area (Å²) < 4.78 is 24.9. The largest absolute Gasteiger partial charge is 0.365 e. The molecule has 2 aliphatic heterocycles. The van der Waals surface area contributed by atoms with Crippen LogP contribution in [0.15, 0.2) is 0 Å². The molecule has 0 spiro atoms. The average molecular weight is 429 g/mol. The second-order valence-corrected chi connectivity index (χ2v) is 10.3. The van der Waals surface area contributed by atoms with Crippen molar-refractivity contribution in [1.82, 2.24) is 9.21 Å². The molecule has 0 aromatic carbocycles. The number of fused-ring (bicyclic) bond motifs is 1. The lowest BCUT2D eigenvalue weighted by atomic mass is 9.98. The van der Waals surface area contributed by atoms with E-state index in [1.54, 1.807) is 4.90 Å². The van der Waals surface area contributed by atoms with Crippen molar-refractivity contribution in [2.45, 2.75) is 32.7 Å². The van der Waals surface area contributed by atoms with Gasteiger partial charge in [0.05, 0.1) is 24.3 Å². The summed E-state index contributed by atoms with van der Waals surface area (Å²) in [6.45, 7) is 2.91. The van der Waals surface area contributed by atoms with Crippen LogP contribution in [0.2, 0.25) is 0 Å². The van der Waals surface area contributed by atoms with Crippen LogP contribution in [0.3, 0.4) is 0 Å². The van der Waals surface area contributed by atoms with Gasteiger partial charge in [-0.3, -0.25) is 14.4 Å². The number of rotatable bonds is 4. The molecule has 0 bridgehead atoms. The first kappa shape index (κ1) is 20.7. The number of anilines is 1. The predicted molar refractivity (Wildman–Crippen MR) is 105 cm³/mol. The monoisotopic (exact) mass is 428 g/mol. The third-order valence-corrected chi connectivity index (χ3v) is 7.61. The summed E-state index contributed by atoms with van der Waals surface area (Å²) in [5, 5.41) is 3.17. The molecule has 1 aromatic heterocycles. The molecule has 3 amide bonds. The highest BCUT2D eigenvalue weighted by molar-refractivity contribution is 7.88. The fourth-order valence-electron chi connectivity index (χ4n) is 3.69. The molecule has 0 radical (unpaired) electrons. The van der Waals surface area contributed by atoms with Gasteiger partial charge in [0, 0.05) is 31.4 Å². The molecule has 3 N–H and O–H groups in total. The topological polar surface area (TPSA) is 130 Å². The quantitative estimate of drug-likeness (QED) is 0.715. The molecule has 28 heavy (non-hydrogen) atoms. The molecule has 154 valence electrons. The second kappa shape index (κ2) is 7.80. The number of amides is 3. The number of piperidine rings is 1. The Morgan fingerprint density at radius 2 is 1.96 bits per heavy atom. The highest BCUT2D eigenvalue weighted by Crippen LogP contribution is 2.37. The SMILES string of the molecule is CC(=O)N1CCc2c(sc(NC(=O)[C@@H]3CCCN(S(C)(=O)=O)C3)c2C(N)=O)C1. The molecule has 1 aromatic rings. The molecular formula is C17H24N4O5S2. The van der Waals surface area contributed by atoms with Crippen LogP contribution in [0.5, 0.6) is 0 Å². The smallest absolute Gasteiger partial charge is 0.251 e. The number of primary amides is 1. The maximum absolute atomic E-state index is 12.8. The van der Waals surface area contributed by atoms with Crippen molar-refractivity contribution in [1.29, 1.82) is 0 Å². The number of nitrogens with two attached hydrogens (primary N) is 1. The Morgan fingerprint density at radius 3 is 2.57 bits per heavy atom. The first-order chi connectivity index (χ1) is 13.1. The van der Waals surface area contributed by atoms with E-state index in [9.17, 15) is 22.8 Å². The highest BCUT2D eigenvalue weighted by Gasteiger charge is 2.33. The Labute approximate surface area is 167 Å². The Kier molecular flexibility index (Phi) is 5.78. The number of carbonyl (C=O) groups is 3. The molecule has 9 nitrogen and oxygen atoms in total. The van der Waals surface area contributed by atoms with E-state index in [-0.39, 0.29) is 18.4 Å². The van der Waals surface area contributed by atoms with E-state index in [1.165, 1.54) is 22.6 Å². The van der Waals surface area contributed by atoms with Gasteiger partial charge in [0.15, 0.2) is 0 Å². The molecule has 1 saturated heterocycles. The van der Waals surface area contributed by atoms with Crippen LogP contribution in [0.25, 0.3) is 0 Å². The van der Waals surface area contributed by atoms with Crippen molar-refractivity contribution in [3.63, 3.8) is 0 Å². The standard InChI is InChI=1S/C17H24N4O5S2/c1-10(22)20-7-5-12-13(9-20)27-17(14(12)15(18)23)19-16(24)11-4-3-6-21(8-11)28(2,25)26/h11H,3-9H2,1-2H3,(H2,18,23)(H,19,24)/t11-/m1/s1. The Hall–Kier alpha value is -1.98. The highest BCUT2D eigenvalue weighted by atomic mass is 32.2. The molecule has 3 heterocycles. The van der Waals surface area contributed by atoms with Crippen LogP contribution in [0, 0.1) is 5.92 Å². The first-order valence-corrected chi connectivity index (χ1v) is 11.7. The van der Waals surface area contributed by atoms with Crippen molar-refractivity contribution in [3.8, 4) is 0 Å². The van der Waals surface area contributed by atoms with Gasteiger partial charge >= 0.3 is 0 Å². The maximum atomic E-state index is 12.8. The number of nitrogens with zero attached hydrogens (tertiary/aromatic N) is 2. The summed E-state index contributed by atoms with van der Waals surface area (Å²) in [6, 6.07) is 0. The zero-order valence-corrected chi connectivity index (χ0v) is 17.5. The maximum Gasteiger partial charge on any atom is 0.251 e. The first-order valence-electron chi connectivity index (χ1n) is 9.03. The predicted octanol–water partition coefficient (Wildman–Crippen LogP) is 0.362. The summed E-state index contributed by atoms with van der Waals surface area (Å²) in [6.07, 6.45) is 2.81.